The van der Waals surface area contributed by atoms with Crippen molar-refractivity contribution in [3.63, 3.8) is 0 Å². The van der Waals surface area contributed by atoms with Gasteiger partial charge in [-0.15, -0.1) is 10.2 Å². The number of carbonyl (C=O) groups excluding carboxylic acids is 2. The van der Waals surface area contributed by atoms with Gasteiger partial charge in [-0.3, -0.25) is 9.59 Å². The molecular weight excluding hydrogens is 357 g/mol. The number of aryl methyl sites for hydroxylation is 1. The van der Waals surface area contributed by atoms with Gasteiger partial charge in [0.15, 0.2) is 5.16 Å². The van der Waals surface area contributed by atoms with Gasteiger partial charge in [0.1, 0.15) is 11.6 Å². The van der Waals surface area contributed by atoms with Crippen LogP contribution in [0.5, 0.6) is 0 Å². The Kier molecular flexibility index (Phi) is 5.87. The summed E-state index contributed by atoms with van der Waals surface area (Å²) in [6.07, 6.45) is 2.74. The summed E-state index contributed by atoms with van der Waals surface area (Å²) in [7, 11) is 0. The molecule has 7 nitrogen and oxygen atoms in total. The van der Waals surface area contributed by atoms with Crippen LogP contribution in [0.4, 0.5) is 4.39 Å². The predicted octanol–water partition coefficient (Wildman–Crippen LogP) is 1.58. The molecule has 9 heteroatoms. The lowest BCUT2D eigenvalue weighted by atomic mass is 10.2. The third-order valence-electron chi connectivity index (χ3n) is 4.01. The zero-order chi connectivity index (χ0) is 18.5. The molecule has 0 saturated heterocycles. The highest BCUT2D eigenvalue weighted by atomic mass is 32.2. The van der Waals surface area contributed by atoms with Crippen molar-refractivity contribution in [3.05, 3.63) is 41.5 Å². The lowest BCUT2D eigenvalue weighted by molar-refractivity contribution is -0.119. The molecule has 26 heavy (non-hydrogen) atoms. The van der Waals surface area contributed by atoms with Gasteiger partial charge in [-0.2, -0.15) is 0 Å². The lowest BCUT2D eigenvalue weighted by Crippen LogP contribution is -2.25. The first-order valence-electron chi connectivity index (χ1n) is 8.39. The molecule has 0 atom stereocenters. The number of rotatable bonds is 9. The van der Waals surface area contributed by atoms with Crippen molar-refractivity contribution >= 4 is 23.6 Å². The maximum atomic E-state index is 13.6. The number of nitrogens with two attached hydrogens (primary N) is 1. The van der Waals surface area contributed by atoms with E-state index in [2.05, 4.69) is 15.5 Å². The molecule has 1 aromatic carbocycles. The van der Waals surface area contributed by atoms with Gasteiger partial charge < -0.3 is 15.6 Å². The fourth-order valence-electron chi connectivity index (χ4n) is 2.53. The first kappa shape index (κ1) is 18.4. The molecule has 1 fully saturated rings. The molecule has 2 aromatic rings. The molecule has 1 aromatic heterocycles. The van der Waals surface area contributed by atoms with E-state index in [0.29, 0.717) is 23.2 Å². The molecule has 0 bridgehead atoms. The molecule has 0 unspecified atom stereocenters. The Morgan fingerprint density at radius 3 is 2.77 bits per heavy atom. The molecule has 0 spiro atoms. The highest BCUT2D eigenvalue weighted by molar-refractivity contribution is 7.99. The zero-order valence-corrected chi connectivity index (χ0v) is 15.0. The monoisotopic (exact) mass is 377 g/mol. The minimum Gasteiger partial charge on any atom is -0.370 e. The van der Waals surface area contributed by atoms with Crippen molar-refractivity contribution in [2.45, 2.75) is 43.4 Å². The zero-order valence-electron chi connectivity index (χ0n) is 14.2. The summed E-state index contributed by atoms with van der Waals surface area (Å²) in [5, 5.41) is 11.6. The maximum Gasteiger partial charge on any atom is 0.230 e. The normalized spacial score (nSPS) is 13.6. The molecule has 138 valence electrons. The van der Waals surface area contributed by atoms with Crippen molar-refractivity contribution in [3.8, 4) is 0 Å². The van der Waals surface area contributed by atoms with Crippen molar-refractivity contribution in [1.82, 2.24) is 20.1 Å². The Hall–Kier alpha value is -2.42. The molecule has 2 amide bonds. The number of benzene rings is 1. The van der Waals surface area contributed by atoms with Gasteiger partial charge in [-0.1, -0.05) is 30.0 Å². The highest BCUT2D eigenvalue weighted by Crippen LogP contribution is 2.38. The molecule has 0 aliphatic heterocycles. The van der Waals surface area contributed by atoms with Gasteiger partial charge in [0.25, 0.3) is 0 Å². The Morgan fingerprint density at radius 2 is 2.08 bits per heavy atom. The van der Waals surface area contributed by atoms with Crippen molar-refractivity contribution in [2.24, 2.45) is 5.73 Å². The number of aromatic nitrogens is 3. The quantitative estimate of drug-likeness (QED) is 0.646. The summed E-state index contributed by atoms with van der Waals surface area (Å²) in [6, 6.07) is 6.67. The summed E-state index contributed by atoms with van der Waals surface area (Å²) < 4.78 is 15.6. The van der Waals surface area contributed by atoms with Crippen LogP contribution in [0.15, 0.2) is 29.4 Å². The van der Waals surface area contributed by atoms with Gasteiger partial charge in [-0.05, 0) is 18.9 Å². The average molecular weight is 377 g/mol. The van der Waals surface area contributed by atoms with Gasteiger partial charge in [-0.25, -0.2) is 4.39 Å². The van der Waals surface area contributed by atoms with Crippen LogP contribution in [-0.2, 0) is 22.6 Å². The van der Waals surface area contributed by atoms with E-state index in [4.69, 9.17) is 5.73 Å². The minimum atomic E-state index is -0.378. The molecule has 1 aliphatic rings. The van der Waals surface area contributed by atoms with Crippen LogP contribution < -0.4 is 11.1 Å². The molecule has 3 N–H and O–H groups in total. The second-order valence-corrected chi connectivity index (χ2v) is 7.07. The number of hydrogen-bond donors (Lipinski definition) is 2. The Morgan fingerprint density at radius 1 is 1.31 bits per heavy atom. The maximum absolute atomic E-state index is 13.6. The fraction of sp³-hybridized carbons (Fsp3) is 0.412. The number of amides is 2. The van der Waals surface area contributed by atoms with Crippen molar-refractivity contribution in [2.75, 3.05) is 5.75 Å². The van der Waals surface area contributed by atoms with Crippen molar-refractivity contribution in [1.29, 1.82) is 0 Å². The Bertz CT molecular complexity index is 806. The van der Waals surface area contributed by atoms with Crippen LogP contribution in [0, 0.1) is 5.82 Å². The fourth-order valence-corrected chi connectivity index (χ4v) is 3.38. The molecule has 1 aliphatic carbocycles. The molecular formula is C17H20FN5O2S. The van der Waals surface area contributed by atoms with E-state index in [-0.39, 0.29) is 36.4 Å². The van der Waals surface area contributed by atoms with Gasteiger partial charge in [0, 0.05) is 31.0 Å². The van der Waals surface area contributed by atoms with E-state index in [1.807, 2.05) is 4.57 Å². The summed E-state index contributed by atoms with van der Waals surface area (Å²) in [6.45, 7) is 0.144. The number of thioether (sulfide) groups is 1. The smallest absolute Gasteiger partial charge is 0.230 e. The standard InChI is InChI=1S/C17H20FN5O2S/c18-13-4-2-1-3-11(13)9-20-16(25)10-26-17-22-21-15(8-7-14(19)24)23(17)12-5-6-12/h1-4,12H,5-10H2,(H2,19,24)(H,20,25). The van der Waals surface area contributed by atoms with Crippen LogP contribution >= 0.6 is 11.8 Å². The number of primary amides is 1. The first-order valence-corrected chi connectivity index (χ1v) is 9.38. The van der Waals surface area contributed by atoms with E-state index in [1.54, 1.807) is 18.2 Å². The summed E-state index contributed by atoms with van der Waals surface area (Å²) in [5.74, 6) is -0.0391. The van der Waals surface area contributed by atoms with Crippen LogP contribution in [0.25, 0.3) is 0 Å². The van der Waals surface area contributed by atoms with Crippen LogP contribution in [-0.4, -0.2) is 32.3 Å². The highest BCUT2D eigenvalue weighted by Gasteiger charge is 2.29. The van der Waals surface area contributed by atoms with Crippen molar-refractivity contribution < 1.29 is 14.0 Å². The van der Waals surface area contributed by atoms with Crippen LogP contribution in [0.3, 0.4) is 0 Å². The third kappa shape index (κ3) is 4.81. The number of carbonyl (C=O) groups is 2. The average Bonchev–Trinajstić information content (AvgIpc) is 3.37. The molecule has 3 rings (SSSR count). The number of hydrogen-bond acceptors (Lipinski definition) is 5. The van der Waals surface area contributed by atoms with Crippen LogP contribution in [0.2, 0.25) is 0 Å². The number of nitrogens with one attached hydrogen (secondary N) is 1. The second kappa shape index (κ2) is 8.31. The lowest BCUT2D eigenvalue weighted by Gasteiger charge is -2.09. The van der Waals surface area contributed by atoms with Gasteiger partial charge in [0.2, 0.25) is 11.8 Å². The topological polar surface area (TPSA) is 103 Å². The minimum absolute atomic E-state index is 0.144. The summed E-state index contributed by atoms with van der Waals surface area (Å²) in [5.41, 5.74) is 5.64. The summed E-state index contributed by atoms with van der Waals surface area (Å²) >= 11 is 1.29. The first-order chi connectivity index (χ1) is 12.5. The van der Waals surface area contributed by atoms with E-state index < -0.39 is 0 Å². The second-order valence-electron chi connectivity index (χ2n) is 6.12. The molecule has 1 saturated carbocycles. The largest absolute Gasteiger partial charge is 0.370 e. The van der Waals surface area contributed by atoms with Gasteiger partial charge in [0.05, 0.1) is 5.75 Å². The van der Waals surface area contributed by atoms with E-state index in [0.717, 1.165) is 18.7 Å². The van der Waals surface area contributed by atoms with Crippen LogP contribution in [0.1, 0.15) is 36.7 Å². The molecule has 0 radical (unpaired) electrons. The number of halogens is 1. The molecule has 1 heterocycles. The SMILES string of the molecule is NC(=O)CCc1nnc(SCC(=O)NCc2ccccc2F)n1C1CC1. The summed E-state index contributed by atoms with van der Waals surface area (Å²) in [4.78, 5) is 23.0. The number of nitrogens with zero attached hydrogens (tertiary/aromatic N) is 3. The van der Waals surface area contributed by atoms with E-state index >= 15 is 0 Å². The Labute approximate surface area is 154 Å². The Balaban J connectivity index is 1.55. The van der Waals surface area contributed by atoms with E-state index in [1.165, 1.54) is 17.8 Å². The predicted molar refractivity (Wildman–Crippen MR) is 94.8 cm³/mol. The third-order valence-corrected chi connectivity index (χ3v) is 4.95. The van der Waals surface area contributed by atoms with E-state index in [9.17, 15) is 14.0 Å². The van der Waals surface area contributed by atoms with Gasteiger partial charge >= 0.3 is 0 Å².